The van der Waals surface area contributed by atoms with Gasteiger partial charge in [0.05, 0.1) is 0 Å². The van der Waals surface area contributed by atoms with Crippen LogP contribution in [0.3, 0.4) is 0 Å². The monoisotopic (exact) mass is 384 g/mol. The quantitative estimate of drug-likeness (QED) is 0.294. The molecule has 0 fully saturated rings. The van der Waals surface area contributed by atoms with Gasteiger partial charge in [-0.1, -0.05) is 146 Å². The van der Waals surface area contributed by atoms with Crippen molar-refractivity contribution in [3.8, 4) is 0 Å². The lowest BCUT2D eigenvalue weighted by Crippen LogP contribution is -1.82. The molecule has 0 N–H and O–H groups in total. The van der Waals surface area contributed by atoms with Gasteiger partial charge < -0.3 is 0 Å². The van der Waals surface area contributed by atoms with E-state index in [0.717, 1.165) is 0 Å². The second kappa shape index (κ2) is 10.0. The highest BCUT2D eigenvalue weighted by molar-refractivity contribution is 5.82. The molecule has 0 heteroatoms. The van der Waals surface area contributed by atoms with E-state index in [1.807, 2.05) is 12.1 Å². The molecule has 0 atom stereocenters. The fourth-order valence-corrected chi connectivity index (χ4v) is 3.31. The van der Waals surface area contributed by atoms with Crippen LogP contribution in [0.4, 0.5) is 0 Å². The molecule has 0 unspecified atom stereocenters. The number of benzene rings is 4. The summed E-state index contributed by atoms with van der Waals surface area (Å²) in [7, 11) is 0. The van der Waals surface area contributed by atoms with Crippen molar-refractivity contribution in [1.29, 1.82) is 0 Å². The number of rotatable bonds is 6. The molecule has 0 bridgehead atoms. The zero-order chi connectivity index (χ0) is 20.4. The van der Waals surface area contributed by atoms with Crippen molar-refractivity contribution in [2.45, 2.75) is 0 Å². The number of hydrogen-bond acceptors (Lipinski definition) is 0. The van der Waals surface area contributed by atoms with Crippen LogP contribution in [0.2, 0.25) is 0 Å². The maximum Gasteiger partial charge on any atom is -0.0184 e. The minimum atomic E-state index is 1.20. The Morgan fingerprint density at radius 1 is 0.267 bits per heavy atom. The molecule has 0 radical (unpaired) electrons. The molecule has 0 saturated heterocycles. The lowest BCUT2D eigenvalue weighted by atomic mass is 10.0. The van der Waals surface area contributed by atoms with Crippen LogP contribution in [0.25, 0.3) is 36.5 Å². The fraction of sp³-hybridized carbons (Fsp3) is 0. The molecular formula is C30H24. The first kappa shape index (κ1) is 19.4. The largest absolute Gasteiger partial charge is 0.0622 e. The first-order valence-electron chi connectivity index (χ1n) is 10.2. The fourth-order valence-electron chi connectivity index (χ4n) is 3.31. The number of hydrogen-bond donors (Lipinski definition) is 0. The summed E-state index contributed by atoms with van der Waals surface area (Å²) in [6.07, 6.45) is 13.1. The molecule has 0 amide bonds. The molecule has 0 aliphatic heterocycles. The van der Waals surface area contributed by atoms with Gasteiger partial charge in [0, 0.05) is 0 Å². The summed E-state index contributed by atoms with van der Waals surface area (Å²) in [5.74, 6) is 0. The van der Waals surface area contributed by atoms with Crippen molar-refractivity contribution in [2.24, 2.45) is 0 Å². The minimum absolute atomic E-state index is 1.20. The molecule has 0 saturated carbocycles. The summed E-state index contributed by atoms with van der Waals surface area (Å²) < 4.78 is 0. The van der Waals surface area contributed by atoms with Crippen molar-refractivity contribution >= 4 is 36.5 Å². The van der Waals surface area contributed by atoms with Crippen molar-refractivity contribution in [3.05, 3.63) is 143 Å². The van der Waals surface area contributed by atoms with E-state index in [1.165, 1.54) is 33.4 Å². The van der Waals surface area contributed by atoms with E-state index in [9.17, 15) is 0 Å². The van der Waals surface area contributed by atoms with Crippen LogP contribution in [-0.2, 0) is 0 Å². The third kappa shape index (κ3) is 5.33. The summed E-state index contributed by atoms with van der Waals surface area (Å²) in [5, 5.41) is 0. The van der Waals surface area contributed by atoms with Gasteiger partial charge in [0.15, 0.2) is 0 Å². The Morgan fingerprint density at radius 2 is 0.533 bits per heavy atom. The van der Waals surface area contributed by atoms with E-state index in [4.69, 9.17) is 0 Å². The molecule has 144 valence electrons. The smallest absolute Gasteiger partial charge is 0.0184 e. The SMILES string of the molecule is C(=C\c1ccccc1/C=C/c1ccccc1/C=C/c1ccccc1)/c1ccccc1. The maximum atomic E-state index is 2.19. The van der Waals surface area contributed by atoms with E-state index >= 15 is 0 Å². The Morgan fingerprint density at radius 3 is 0.867 bits per heavy atom. The molecule has 0 aliphatic carbocycles. The third-order valence-corrected chi connectivity index (χ3v) is 4.94. The van der Waals surface area contributed by atoms with Crippen molar-refractivity contribution in [2.75, 3.05) is 0 Å². The topological polar surface area (TPSA) is 0 Å². The lowest BCUT2D eigenvalue weighted by Gasteiger charge is -2.03. The Bertz CT molecular complexity index is 1070. The predicted octanol–water partition coefficient (Wildman–Crippen LogP) is 8.20. The first-order valence-corrected chi connectivity index (χ1v) is 10.2. The molecule has 4 aromatic carbocycles. The zero-order valence-electron chi connectivity index (χ0n) is 16.9. The van der Waals surface area contributed by atoms with Crippen LogP contribution < -0.4 is 0 Å². The van der Waals surface area contributed by atoms with Crippen LogP contribution in [0, 0.1) is 0 Å². The summed E-state index contributed by atoms with van der Waals surface area (Å²) in [6, 6.07) is 37.7. The molecule has 0 nitrogen and oxygen atoms in total. The first-order chi connectivity index (χ1) is 14.9. The van der Waals surface area contributed by atoms with Gasteiger partial charge in [0.1, 0.15) is 0 Å². The van der Waals surface area contributed by atoms with Gasteiger partial charge in [-0.2, -0.15) is 0 Å². The molecule has 0 heterocycles. The van der Waals surface area contributed by atoms with Crippen LogP contribution in [0.15, 0.2) is 109 Å². The molecule has 4 rings (SSSR count). The molecule has 0 aromatic heterocycles. The average molecular weight is 385 g/mol. The van der Waals surface area contributed by atoms with Crippen molar-refractivity contribution < 1.29 is 0 Å². The van der Waals surface area contributed by atoms with E-state index in [1.54, 1.807) is 0 Å². The highest BCUT2D eigenvalue weighted by Crippen LogP contribution is 2.19. The van der Waals surface area contributed by atoms with Crippen LogP contribution in [0.1, 0.15) is 33.4 Å². The van der Waals surface area contributed by atoms with Crippen LogP contribution in [0.5, 0.6) is 0 Å². The van der Waals surface area contributed by atoms with Gasteiger partial charge in [-0.05, 0) is 33.4 Å². The molecule has 0 aliphatic rings. The second-order valence-electron chi connectivity index (χ2n) is 7.08. The third-order valence-electron chi connectivity index (χ3n) is 4.94. The Balaban J connectivity index is 1.58. The van der Waals surface area contributed by atoms with Gasteiger partial charge in [-0.25, -0.2) is 0 Å². The van der Waals surface area contributed by atoms with Gasteiger partial charge >= 0.3 is 0 Å². The van der Waals surface area contributed by atoms with E-state index in [0.29, 0.717) is 0 Å². The lowest BCUT2D eigenvalue weighted by molar-refractivity contribution is 1.59. The van der Waals surface area contributed by atoms with Crippen molar-refractivity contribution in [3.63, 3.8) is 0 Å². The van der Waals surface area contributed by atoms with Crippen molar-refractivity contribution in [1.82, 2.24) is 0 Å². The summed E-state index contributed by atoms with van der Waals surface area (Å²) in [6.45, 7) is 0. The minimum Gasteiger partial charge on any atom is -0.0622 e. The average Bonchev–Trinajstić information content (AvgIpc) is 2.82. The van der Waals surface area contributed by atoms with Gasteiger partial charge in [0.25, 0.3) is 0 Å². The van der Waals surface area contributed by atoms with E-state index < -0.39 is 0 Å². The summed E-state index contributed by atoms with van der Waals surface area (Å²) in [4.78, 5) is 0. The van der Waals surface area contributed by atoms with Gasteiger partial charge in [-0.15, -0.1) is 0 Å². The normalized spacial score (nSPS) is 11.6. The zero-order valence-corrected chi connectivity index (χ0v) is 16.9. The van der Waals surface area contributed by atoms with Crippen LogP contribution in [-0.4, -0.2) is 0 Å². The Labute approximate surface area is 179 Å². The summed E-state index contributed by atoms with van der Waals surface area (Å²) in [5.41, 5.74) is 7.21. The highest BCUT2D eigenvalue weighted by Gasteiger charge is 1.98. The predicted molar refractivity (Wildman–Crippen MR) is 133 cm³/mol. The molecule has 0 spiro atoms. The Kier molecular flexibility index (Phi) is 6.50. The van der Waals surface area contributed by atoms with Gasteiger partial charge in [-0.3, -0.25) is 0 Å². The standard InChI is InChI=1S/C30H24/c1-3-11-25(12-4-1)19-21-27-15-7-9-17-29(27)23-24-30-18-10-8-16-28(30)22-20-26-13-5-2-6-14-26/h1-24H/b21-19+,22-20+,24-23+. The Hall–Kier alpha value is -3.90. The molecule has 4 aromatic rings. The summed E-state index contributed by atoms with van der Waals surface area (Å²) >= 11 is 0. The molecule has 30 heavy (non-hydrogen) atoms. The van der Waals surface area contributed by atoms with Crippen LogP contribution >= 0.6 is 0 Å². The molecular weight excluding hydrogens is 360 g/mol. The van der Waals surface area contributed by atoms with E-state index in [2.05, 4.69) is 134 Å². The maximum absolute atomic E-state index is 2.19. The highest BCUT2D eigenvalue weighted by atomic mass is 14.0. The van der Waals surface area contributed by atoms with Gasteiger partial charge in [0.2, 0.25) is 0 Å². The second-order valence-corrected chi connectivity index (χ2v) is 7.08. The van der Waals surface area contributed by atoms with E-state index in [-0.39, 0.29) is 0 Å².